The monoisotopic (exact) mass is 232 g/mol. The van der Waals surface area contributed by atoms with Gasteiger partial charge in [0.1, 0.15) is 0 Å². The Balaban J connectivity index is 1.81. The SMILES string of the molecule is CCCNC1CCCC(Cc2ccncc2)C1. The smallest absolute Gasteiger partial charge is 0.0270 e. The first-order valence-corrected chi connectivity index (χ1v) is 7.00. The fourth-order valence-corrected chi connectivity index (χ4v) is 2.86. The molecule has 0 aliphatic heterocycles. The third-order valence-corrected chi connectivity index (χ3v) is 3.74. The van der Waals surface area contributed by atoms with Gasteiger partial charge >= 0.3 is 0 Å². The highest BCUT2D eigenvalue weighted by Gasteiger charge is 2.21. The lowest BCUT2D eigenvalue weighted by molar-refractivity contribution is 0.284. The van der Waals surface area contributed by atoms with E-state index in [1.165, 1.54) is 50.6 Å². The highest BCUT2D eigenvalue weighted by atomic mass is 14.9. The van der Waals surface area contributed by atoms with E-state index >= 15 is 0 Å². The molecule has 1 fully saturated rings. The lowest BCUT2D eigenvalue weighted by Gasteiger charge is -2.30. The summed E-state index contributed by atoms with van der Waals surface area (Å²) in [5.41, 5.74) is 1.45. The lowest BCUT2D eigenvalue weighted by Crippen LogP contribution is -2.35. The fraction of sp³-hybridized carbons (Fsp3) is 0.667. The second-order valence-electron chi connectivity index (χ2n) is 5.24. The van der Waals surface area contributed by atoms with Crippen molar-refractivity contribution in [3.05, 3.63) is 30.1 Å². The lowest BCUT2D eigenvalue weighted by atomic mass is 9.82. The molecule has 2 heteroatoms. The maximum absolute atomic E-state index is 4.08. The summed E-state index contributed by atoms with van der Waals surface area (Å²) < 4.78 is 0. The molecule has 1 heterocycles. The molecule has 0 radical (unpaired) electrons. The van der Waals surface area contributed by atoms with Crippen LogP contribution in [0.5, 0.6) is 0 Å². The molecular formula is C15H24N2. The summed E-state index contributed by atoms with van der Waals surface area (Å²) in [6.07, 6.45) is 11.8. The fourth-order valence-electron chi connectivity index (χ4n) is 2.86. The summed E-state index contributed by atoms with van der Waals surface area (Å²) in [7, 11) is 0. The molecule has 2 atom stereocenters. The number of hydrogen-bond acceptors (Lipinski definition) is 2. The summed E-state index contributed by atoms with van der Waals surface area (Å²) in [4.78, 5) is 4.08. The van der Waals surface area contributed by atoms with Crippen LogP contribution in [0.25, 0.3) is 0 Å². The van der Waals surface area contributed by atoms with Crippen LogP contribution in [0.1, 0.15) is 44.6 Å². The Bertz CT molecular complexity index is 310. The van der Waals surface area contributed by atoms with Gasteiger partial charge in [-0.2, -0.15) is 0 Å². The van der Waals surface area contributed by atoms with E-state index < -0.39 is 0 Å². The number of pyridine rings is 1. The molecule has 0 aromatic carbocycles. The van der Waals surface area contributed by atoms with Gasteiger partial charge in [-0.15, -0.1) is 0 Å². The zero-order valence-corrected chi connectivity index (χ0v) is 10.9. The molecule has 1 saturated carbocycles. The van der Waals surface area contributed by atoms with E-state index in [9.17, 15) is 0 Å². The average Bonchev–Trinajstić information content (AvgIpc) is 2.38. The predicted molar refractivity (Wildman–Crippen MR) is 72.0 cm³/mol. The molecule has 1 aromatic heterocycles. The van der Waals surface area contributed by atoms with Gasteiger partial charge in [-0.1, -0.05) is 19.8 Å². The van der Waals surface area contributed by atoms with Crippen LogP contribution < -0.4 is 5.32 Å². The van der Waals surface area contributed by atoms with Crippen molar-refractivity contribution in [2.45, 2.75) is 51.5 Å². The minimum atomic E-state index is 0.760. The van der Waals surface area contributed by atoms with E-state index in [0.717, 1.165) is 12.0 Å². The van der Waals surface area contributed by atoms with Crippen LogP contribution in [-0.2, 0) is 6.42 Å². The maximum Gasteiger partial charge on any atom is 0.0270 e. The van der Waals surface area contributed by atoms with E-state index in [2.05, 4.69) is 29.4 Å². The van der Waals surface area contributed by atoms with Gasteiger partial charge in [0, 0.05) is 18.4 Å². The number of nitrogens with one attached hydrogen (secondary N) is 1. The van der Waals surface area contributed by atoms with Gasteiger partial charge in [0.25, 0.3) is 0 Å². The van der Waals surface area contributed by atoms with Crippen molar-refractivity contribution in [3.63, 3.8) is 0 Å². The van der Waals surface area contributed by atoms with Gasteiger partial charge in [0.2, 0.25) is 0 Å². The molecule has 1 aromatic rings. The van der Waals surface area contributed by atoms with Gasteiger partial charge in [-0.05, 0) is 55.8 Å². The Labute approximate surface area is 105 Å². The Morgan fingerprint density at radius 1 is 1.29 bits per heavy atom. The van der Waals surface area contributed by atoms with Crippen LogP contribution in [0.4, 0.5) is 0 Å². The van der Waals surface area contributed by atoms with Crippen molar-refractivity contribution in [2.75, 3.05) is 6.54 Å². The summed E-state index contributed by atoms with van der Waals surface area (Å²) in [6, 6.07) is 5.07. The molecule has 0 bridgehead atoms. The molecule has 1 N–H and O–H groups in total. The third kappa shape index (κ3) is 4.12. The molecule has 2 nitrogen and oxygen atoms in total. The molecule has 1 aliphatic rings. The van der Waals surface area contributed by atoms with E-state index in [0.29, 0.717) is 0 Å². The van der Waals surface area contributed by atoms with Crippen LogP contribution in [0.3, 0.4) is 0 Å². The predicted octanol–water partition coefficient (Wildman–Crippen LogP) is 3.18. The van der Waals surface area contributed by atoms with Gasteiger partial charge in [-0.3, -0.25) is 4.98 Å². The molecule has 0 saturated heterocycles. The Hall–Kier alpha value is -0.890. The molecule has 1 aliphatic carbocycles. The van der Waals surface area contributed by atoms with Gasteiger partial charge in [0.15, 0.2) is 0 Å². The van der Waals surface area contributed by atoms with E-state index in [-0.39, 0.29) is 0 Å². The van der Waals surface area contributed by atoms with E-state index in [1.54, 1.807) is 0 Å². The van der Waals surface area contributed by atoms with Crippen molar-refractivity contribution in [1.82, 2.24) is 10.3 Å². The summed E-state index contributed by atoms with van der Waals surface area (Å²) in [6.45, 7) is 3.41. The van der Waals surface area contributed by atoms with Crippen LogP contribution in [0.15, 0.2) is 24.5 Å². The third-order valence-electron chi connectivity index (χ3n) is 3.74. The van der Waals surface area contributed by atoms with Crippen LogP contribution in [0, 0.1) is 5.92 Å². The maximum atomic E-state index is 4.08. The first kappa shape index (κ1) is 12.6. The summed E-state index contributed by atoms with van der Waals surface area (Å²) in [5, 5.41) is 3.67. The molecule has 2 unspecified atom stereocenters. The Morgan fingerprint density at radius 3 is 2.88 bits per heavy atom. The van der Waals surface area contributed by atoms with Crippen molar-refractivity contribution in [3.8, 4) is 0 Å². The molecular weight excluding hydrogens is 208 g/mol. The molecule has 0 amide bonds. The first-order valence-electron chi connectivity index (χ1n) is 7.00. The molecule has 17 heavy (non-hydrogen) atoms. The van der Waals surface area contributed by atoms with Gasteiger partial charge in [-0.25, -0.2) is 0 Å². The average molecular weight is 232 g/mol. The number of nitrogens with zero attached hydrogens (tertiary/aromatic N) is 1. The number of aromatic nitrogens is 1. The van der Waals surface area contributed by atoms with Crippen molar-refractivity contribution >= 4 is 0 Å². The van der Waals surface area contributed by atoms with Crippen molar-refractivity contribution in [1.29, 1.82) is 0 Å². The van der Waals surface area contributed by atoms with Gasteiger partial charge in [0.05, 0.1) is 0 Å². The second kappa shape index (κ2) is 6.75. The standard InChI is InChI=1S/C15H24N2/c1-2-8-17-15-5-3-4-14(12-15)11-13-6-9-16-10-7-13/h6-7,9-10,14-15,17H,2-5,8,11-12H2,1H3. The number of hydrogen-bond donors (Lipinski definition) is 1. The summed E-state index contributed by atoms with van der Waals surface area (Å²) in [5.74, 6) is 0.862. The van der Waals surface area contributed by atoms with Gasteiger partial charge < -0.3 is 5.32 Å². The van der Waals surface area contributed by atoms with Crippen LogP contribution >= 0.6 is 0 Å². The van der Waals surface area contributed by atoms with E-state index in [4.69, 9.17) is 0 Å². The topological polar surface area (TPSA) is 24.9 Å². The Morgan fingerprint density at radius 2 is 2.12 bits per heavy atom. The molecule has 0 spiro atoms. The minimum Gasteiger partial charge on any atom is -0.314 e. The second-order valence-corrected chi connectivity index (χ2v) is 5.24. The Kier molecular flexibility index (Phi) is 4.99. The molecule has 2 rings (SSSR count). The number of rotatable bonds is 5. The van der Waals surface area contributed by atoms with Crippen molar-refractivity contribution < 1.29 is 0 Å². The zero-order valence-electron chi connectivity index (χ0n) is 10.9. The minimum absolute atomic E-state index is 0.760. The highest BCUT2D eigenvalue weighted by Crippen LogP contribution is 2.27. The normalized spacial score (nSPS) is 24.8. The summed E-state index contributed by atoms with van der Waals surface area (Å²) >= 11 is 0. The highest BCUT2D eigenvalue weighted by molar-refractivity contribution is 5.10. The largest absolute Gasteiger partial charge is 0.314 e. The van der Waals surface area contributed by atoms with Crippen molar-refractivity contribution in [2.24, 2.45) is 5.92 Å². The molecule has 94 valence electrons. The van der Waals surface area contributed by atoms with Crippen LogP contribution in [-0.4, -0.2) is 17.6 Å². The zero-order chi connectivity index (χ0) is 11.9. The first-order chi connectivity index (χ1) is 8.38. The van der Waals surface area contributed by atoms with Crippen LogP contribution in [0.2, 0.25) is 0 Å². The quantitative estimate of drug-likeness (QED) is 0.843. The van der Waals surface area contributed by atoms with E-state index in [1.807, 2.05) is 12.4 Å².